The Bertz CT molecular complexity index is 815. The SMILES string of the molecule is Clc1cccc([C@@H]2Nc3c(ccc(Cl)c3Cl)[C@@H]3C=CC[C@@H]32)c1Cl. The molecule has 1 heterocycles. The first-order valence-corrected chi connectivity index (χ1v) is 8.94. The fourth-order valence-electron chi connectivity index (χ4n) is 3.67. The second kappa shape index (κ2) is 5.89. The fraction of sp³-hybridized carbons (Fsp3) is 0.222. The average molecular weight is 385 g/mol. The van der Waals surface area contributed by atoms with E-state index in [-0.39, 0.29) is 6.04 Å². The molecule has 0 fully saturated rings. The van der Waals surface area contributed by atoms with Gasteiger partial charge in [-0.1, -0.05) is 76.8 Å². The van der Waals surface area contributed by atoms with Crippen LogP contribution in [-0.2, 0) is 0 Å². The molecule has 0 aromatic heterocycles. The minimum absolute atomic E-state index is 0.0460. The van der Waals surface area contributed by atoms with Crippen LogP contribution >= 0.6 is 46.4 Å². The molecule has 1 aliphatic heterocycles. The van der Waals surface area contributed by atoms with E-state index in [9.17, 15) is 0 Å². The summed E-state index contributed by atoms with van der Waals surface area (Å²) >= 11 is 25.3. The number of allylic oxidation sites excluding steroid dienone is 2. The van der Waals surface area contributed by atoms with Crippen molar-refractivity contribution < 1.29 is 0 Å². The maximum atomic E-state index is 6.46. The lowest BCUT2D eigenvalue weighted by atomic mass is 9.77. The summed E-state index contributed by atoms with van der Waals surface area (Å²) in [5.74, 6) is 0.691. The maximum absolute atomic E-state index is 6.46. The van der Waals surface area contributed by atoms with E-state index >= 15 is 0 Å². The third kappa shape index (κ3) is 2.46. The molecule has 23 heavy (non-hydrogen) atoms. The summed E-state index contributed by atoms with van der Waals surface area (Å²) in [6, 6.07) is 9.71. The largest absolute Gasteiger partial charge is 0.376 e. The van der Waals surface area contributed by atoms with Crippen LogP contribution in [0.25, 0.3) is 0 Å². The lowest BCUT2D eigenvalue weighted by Crippen LogP contribution is -2.29. The van der Waals surface area contributed by atoms with E-state index in [1.54, 1.807) is 6.07 Å². The van der Waals surface area contributed by atoms with E-state index < -0.39 is 0 Å². The van der Waals surface area contributed by atoms with E-state index in [1.807, 2.05) is 18.2 Å². The van der Waals surface area contributed by atoms with Gasteiger partial charge in [0.05, 0.1) is 31.8 Å². The van der Waals surface area contributed by atoms with Crippen LogP contribution in [-0.4, -0.2) is 0 Å². The number of hydrogen-bond acceptors (Lipinski definition) is 1. The van der Waals surface area contributed by atoms with Crippen molar-refractivity contribution in [3.63, 3.8) is 0 Å². The number of anilines is 1. The molecular formula is C18H13Cl4N. The predicted octanol–water partition coefficient (Wildman–Crippen LogP) is 7.13. The first-order valence-electron chi connectivity index (χ1n) is 7.43. The molecule has 0 saturated carbocycles. The van der Waals surface area contributed by atoms with E-state index in [2.05, 4.69) is 23.5 Å². The molecule has 118 valence electrons. The molecule has 4 rings (SSSR count). The van der Waals surface area contributed by atoms with Crippen molar-refractivity contribution in [1.82, 2.24) is 0 Å². The highest BCUT2D eigenvalue weighted by Gasteiger charge is 2.39. The van der Waals surface area contributed by atoms with Crippen LogP contribution < -0.4 is 5.32 Å². The Morgan fingerprint density at radius 1 is 0.870 bits per heavy atom. The smallest absolute Gasteiger partial charge is 0.0826 e. The van der Waals surface area contributed by atoms with Crippen molar-refractivity contribution in [2.75, 3.05) is 5.32 Å². The van der Waals surface area contributed by atoms with Crippen molar-refractivity contribution >= 4 is 52.1 Å². The summed E-state index contributed by atoms with van der Waals surface area (Å²) in [4.78, 5) is 0. The number of rotatable bonds is 1. The monoisotopic (exact) mass is 383 g/mol. The highest BCUT2D eigenvalue weighted by Crippen LogP contribution is 2.53. The van der Waals surface area contributed by atoms with Crippen LogP contribution in [0.4, 0.5) is 5.69 Å². The van der Waals surface area contributed by atoms with Gasteiger partial charge < -0.3 is 5.32 Å². The Morgan fingerprint density at radius 2 is 1.65 bits per heavy atom. The van der Waals surface area contributed by atoms with Gasteiger partial charge in [-0.2, -0.15) is 0 Å². The summed E-state index contributed by atoms with van der Waals surface area (Å²) in [5.41, 5.74) is 3.08. The Morgan fingerprint density at radius 3 is 2.48 bits per heavy atom. The number of nitrogens with one attached hydrogen (secondary N) is 1. The van der Waals surface area contributed by atoms with Gasteiger partial charge >= 0.3 is 0 Å². The highest BCUT2D eigenvalue weighted by molar-refractivity contribution is 6.44. The molecule has 0 amide bonds. The Hall–Kier alpha value is -0.860. The molecule has 0 bridgehead atoms. The average Bonchev–Trinajstić information content (AvgIpc) is 3.03. The Labute approximate surface area is 155 Å². The molecule has 1 N–H and O–H groups in total. The quantitative estimate of drug-likeness (QED) is 0.515. The zero-order valence-corrected chi connectivity index (χ0v) is 15.0. The molecule has 0 spiro atoms. The number of hydrogen-bond donors (Lipinski definition) is 1. The van der Waals surface area contributed by atoms with E-state index in [0.717, 1.165) is 17.7 Å². The van der Waals surface area contributed by atoms with Crippen LogP contribution in [0.15, 0.2) is 42.5 Å². The molecule has 5 heteroatoms. The highest BCUT2D eigenvalue weighted by atomic mass is 35.5. The first-order chi connectivity index (χ1) is 11.1. The number of halogens is 4. The van der Waals surface area contributed by atoms with Crippen molar-refractivity contribution in [3.05, 3.63) is 73.7 Å². The summed E-state index contributed by atoms with van der Waals surface area (Å²) in [7, 11) is 0. The van der Waals surface area contributed by atoms with Gasteiger partial charge in [0, 0.05) is 5.92 Å². The zero-order valence-electron chi connectivity index (χ0n) is 12.0. The Kier molecular flexibility index (Phi) is 4.01. The van der Waals surface area contributed by atoms with Crippen LogP contribution in [0.1, 0.15) is 29.5 Å². The summed E-state index contributed by atoms with van der Waals surface area (Å²) in [6.07, 6.45) is 5.46. The molecule has 2 aliphatic rings. The van der Waals surface area contributed by atoms with Crippen molar-refractivity contribution in [3.8, 4) is 0 Å². The lowest BCUT2D eigenvalue weighted by Gasteiger charge is -2.38. The minimum atomic E-state index is 0.0460. The third-order valence-corrected chi connectivity index (χ3v) is 6.38. The Balaban J connectivity index is 1.87. The molecule has 0 saturated heterocycles. The van der Waals surface area contributed by atoms with E-state index in [4.69, 9.17) is 46.4 Å². The molecule has 3 atom stereocenters. The van der Waals surface area contributed by atoms with Crippen LogP contribution in [0, 0.1) is 5.92 Å². The molecule has 2 aromatic rings. The second-order valence-corrected chi connectivity index (χ2v) is 7.51. The summed E-state index contributed by atoms with van der Waals surface area (Å²) < 4.78 is 0. The molecule has 1 nitrogen and oxygen atoms in total. The molecule has 0 radical (unpaired) electrons. The van der Waals surface area contributed by atoms with Crippen LogP contribution in [0.3, 0.4) is 0 Å². The van der Waals surface area contributed by atoms with Crippen molar-refractivity contribution in [2.24, 2.45) is 5.92 Å². The van der Waals surface area contributed by atoms with Gasteiger partial charge in [0.1, 0.15) is 0 Å². The van der Waals surface area contributed by atoms with Gasteiger partial charge in [0.2, 0.25) is 0 Å². The predicted molar refractivity (Wildman–Crippen MR) is 99.3 cm³/mol. The van der Waals surface area contributed by atoms with Gasteiger partial charge in [-0.15, -0.1) is 0 Å². The van der Waals surface area contributed by atoms with Gasteiger partial charge in [0.15, 0.2) is 0 Å². The van der Waals surface area contributed by atoms with Crippen molar-refractivity contribution in [1.29, 1.82) is 0 Å². The normalized spacial score (nSPS) is 25.0. The maximum Gasteiger partial charge on any atom is 0.0826 e. The standard InChI is InChI=1S/C18H13Cl4N/c19-13-6-2-5-12(15(13)21)17-10-4-1-3-9(10)11-7-8-14(20)16(22)18(11)23-17/h1-3,5-10,17,23H,4H2/t9-,10+,17-/m1/s1. The molecule has 1 aliphatic carbocycles. The summed E-state index contributed by atoms with van der Waals surface area (Å²) in [6.45, 7) is 0. The van der Waals surface area contributed by atoms with Gasteiger partial charge in [-0.05, 0) is 35.6 Å². The van der Waals surface area contributed by atoms with Gasteiger partial charge in [-0.25, -0.2) is 0 Å². The van der Waals surface area contributed by atoms with Gasteiger partial charge in [-0.3, -0.25) is 0 Å². The van der Waals surface area contributed by atoms with Crippen LogP contribution in [0.5, 0.6) is 0 Å². The molecule has 2 aromatic carbocycles. The lowest BCUT2D eigenvalue weighted by molar-refractivity contribution is 0.426. The molecule has 0 unspecified atom stereocenters. The molecular weight excluding hydrogens is 372 g/mol. The minimum Gasteiger partial charge on any atom is -0.376 e. The topological polar surface area (TPSA) is 12.0 Å². The third-order valence-electron chi connectivity index (χ3n) is 4.74. The first kappa shape index (κ1) is 15.7. The van der Waals surface area contributed by atoms with Gasteiger partial charge in [0.25, 0.3) is 0 Å². The summed E-state index contributed by atoms with van der Waals surface area (Å²) in [5, 5.41) is 5.84. The zero-order chi connectivity index (χ0) is 16.1. The second-order valence-electron chi connectivity index (χ2n) is 5.94. The van der Waals surface area contributed by atoms with Crippen LogP contribution in [0.2, 0.25) is 20.1 Å². The van der Waals surface area contributed by atoms with E-state index in [0.29, 0.717) is 31.9 Å². The van der Waals surface area contributed by atoms with Crippen molar-refractivity contribution in [2.45, 2.75) is 18.4 Å². The number of fused-ring (bicyclic) bond motifs is 3. The number of benzene rings is 2. The van der Waals surface area contributed by atoms with E-state index in [1.165, 1.54) is 5.56 Å². The fourth-order valence-corrected chi connectivity index (χ4v) is 4.48.